The van der Waals surface area contributed by atoms with Crippen LogP contribution < -0.4 is 5.73 Å². The summed E-state index contributed by atoms with van der Waals surface area (Å²) in [7, 11) is 1.71. The zero-order valence-electron chi connectivity index (χ0n) is 15.4. The fraction of sp³-hybridized carbons (Fsp3) is 0.706. The fourth-order valence-corrected chi connectivity index (χ4v) is 5.71. The van der Waals surface area contributed by atoms with Crippen LogP contribution in [0.2, 0.25) is 0 Å². The number of carbonyl (C=O) groups is 2. The van der Waals surface area contributed by atoms with E-state index in [-0.39, 0.29) is 23.8 Å². The van der Waals surface area contributed by atoms with Gasteiger partial charge in [-0.25, -0.2) is 9.78 Å². The van der Waals surface area contributed by atoms with Crippen molar-refractivity contribution in [1.29, 1.82) is 0 Å². The zero-order chi connectivity index (χ0) is 19.4. The first kappa shape index (κ1) is 20.5. The quantitative estimate of drug-likeness (QED) is 0.583. The Hall–Kier alpha value is -1.20. The summed E-state index contributed by atoms with van der Waals surface area (Å²) in [6.45, 7) is 2.20. The number of methoxy groups -OCH3 is 1. The van der Waals surface area contributed by atoms with Crippen LogP contribution in [-0.4, -0.2) is 82.6 Å². The Balaban J connectivity index is 1.56. The van der Waals surface area contributed by atoms with E-state index in [2.05, 4.69) is 9.88 Å². The number of likely N-dealkylation sites (tertiary alicyclic amines) is 2. The van der Waals surface area contributed by atoms with Gasteiger partial charge in [0.25, 0.3) is 0 Å². The third-order valence-electron chi connectivity index (χ3n) is 5.19. The minimum Gasteiger partial charge on any atom is -0.476 e. The molecule has 0 aromatic carbocycles. The van der Waals surface area contributed by atoms with Gasteiger partial charge in [-0.15, -0.1) is 11.3 Å². The van der Waals surface area contributed by atoms with E-state index in [9.17, 15) is 9.59 Å². The molecule has 150 valence electrons. The first-order valence-corrected chi connectivity index (χ1v) is 11.0. The van der Waals surface area contributed by atoms with Crippen molar-refractivity contribution in [2.24, 2.45) is 5.73 Å². The van der Waals surface area contributed by atoms with Gasteiger partial charge in [0.2, 0.25) is 5.91 Å². The van der Waals surface area contributed by atoms with Crippen LogP contribution in [0.4, 0.5) is 0 Å². The smallest absolute Gasteiger partial charge is 0.355 e. The highest BCUT2D eigenvalue weighted by molar-refractivity contribution is 8.01. The number of nitrogens with zero attached hydrogens (tertiary/aromatic N) is 3. The van der Waals surface area contributed by atoms with E-state index in [0.717, 1.165) is 25.8 Å². The predicted octanol–water partition coefficient (Wildman–Crippen LogP) is 1.32. The number of aromatic nitrogens is 1. The lowest BCUT2D eigenvalue weighted by atomic mass is 10.1. The summed E-state index contributed by atoms with van der Waals surface area (Å²) in [5.74, 6) is -0.206. The van der Waals surface area contributed by atoms with Crippen molar-refractivity contribution in [1.82, 2.24) is 14.8 Å². The molecule has 0 spiro atoms. The number of hydrogen-bond donors (Lipinski definition) is 2. The molecule has 0 aliphatic carbocycles. The van der Waals surface area contributed by atoms with E-state index in [1.807, 2.05) is 4.90 Å². The molecule has 2 fully saturated rings. The van der Waals surface area contributed by atoms with Gasteiger partial charge in [0.05, 0.1) is 18.8 Å². The highest BCUT2D eigenvalue weighted by Gasteiger charge is 2.40. The zero-order valence-corrected chi connectivity index (χ0v) is 17.0. The average Bonchev–Trinajstić information content (AvgIpc) is 3.36. The molecule has 0 radical (unpaired) electrons. The maximum Gasteiger partial charge on any atom is 0.355 e. The summed E-state index contributed by atoms with van der Waals surface area (Å²) in [6.07, 6.45) is 3.32. The lowest BCUT2D eigenvalue weighted by Crippen LogP contribution is -2.57. The highest BCUT2D eigenvalue weighted by atomic mass is 32.2. The monoisotopic (exact) mass is 414 g/mol. The molecular formula is C17H26N4O4S2. The van der Waals surface area contributed by atoms with Crippen molar-refractivity contribution in [3.05, 3.63) is 11.1 Å². The number of carbonyl (C=O) groups excluding carboxylic acids is 1. The van der Waals surface area contributed by atoms with Crippen molar-refractivity contribution in [3.63, 3.8) is 0 Å². The van der Waals surface area contributed by atoms with Crippen molar-refractivity contribution in [2.75, 3.05) is 32.6 Å². The van der Waals surface area contributed by atoms with Crippen molar-refractivity contribution < 1.29 is 19.4 Å². The summed E-state index contributed by atoms with van der Waals surface area (Å²) in [4.78, 5) is 31.5. The van der Waals surface area contributed by atoms with Gasteiger partial charge < -0.3 is 20.5 Å². The van der Waals surface area contributed by atoms with Gasteiger partial charge >= 0.3 is 5.97 Å². The Morgan fingerprint density at radius 3 is 3.07 bits per heavy atom. The number of ether oxygens (including phenoxy) is 1. The van der Waals surface area contributed by atoms with Gasteiger partial charge in [0.1, 0.15) is 0 Å². The van der Waals surface area contributed by atoms with Crippen LogP contribution >= 0.6 is 23.1 Å². The second kappa shape index (κ2) is 9.33. The van der Waals surface area contributed by atoms with Gasteiger partial charge in [-0.05, 0) is 19.3 Å². The van der Waals surface area contributed by atoms with Crippen LogP contribution in [0.25, 0.3) is 0 Å². The van der Waals surface area contributed by atoms with Crippen LogP contribution in [-0.2, 0) is 9.53 Å². The second-order valence-corrected chi connectivity index (χ2v) is 9.03. The molecule has 1 unspecified atom stereocenters. The molecule has 3 heterocycles. The first-order valence-electron chi connectivity index (χ1n) is 9.12. The van der Waals surface area contributed by atoms with Crippen molar-refractivity contribution in [2.45, 2.75) is 48.3 Å². The molecule has 1 amide bonds. The maximum atomic E-state index is 12.4. The van der Waals surface area contributed by atoms with E-state index in [0.29, 0.717) is 35.7 Å². The highest BCUT2D eigenvalue weighted by Crippen LogP contribution is 2.29. The van der Waals surface area contributed by atoms with Crippen LogP contribution in [0.3, 0.4) is 0 Å². The Bertz CT molecular complexity index is 671. The van der Waals surface area contributed by atoms with Gasteiger partial charge in [-0.3, -0.25) is 9.69 Å². The molecule has 3 atom stereocenters. The lowest BCUT2D eigenvalue weighted by molar-refractivity contribution is -0.129. The third-order valence-corrected chi connectivity index (χ3v) is 7.19. The fourth-order valence-electron chi connectivity index (χ4n) is 3.90. The standard InChI is InChI=1S/C17H26N4O4S2/c1-25-9-11-3-2-6-20(11)15(18)13-4-5-14(22)21(13)7-8-26-17-19-12(10-27-17)16(23)24/h10-11,13,15H,2-9,18H2,1H3,(H,23,24)/t11-,13+,15?/m0/s1. The lowest BCUT2D eigenvalue weighted by Gasteiger charge is -2.37. The Morgan fingerprint density at radius 2 is 2.37 bits per heavy atom. The van der Waals surface area contributed by atoms with Gasteiger partial charge in [-0.2, -0.15) is 0 Å². The van der Waals surface area contributed by atoms with E-state index in [1.54, 1.807) is 7.11 Å². The molecule has 27 heavy (non-hydrogen) atoms. The Kier molecular flexibility index (Phi) is 7.10. The number of carboxylic acids is 1. The summed E-state index contributed by atoms with van der Waals surface area (Å²) in [6, 6.07) is 0.336. The molecule has 3 N–H and O–H groups in total. The predicted molar refractivity (Wildman–Crippen MR) is 104 cm³/mol. The molecule has 2 saturated heterocycles. The Morgan fingerprint density at radius 1 is 1.56 bits per heavy atom. The number of hydrogen-bond acceptors (Lipinski definition) is 8. The number of aromatic carboxylic acids is 1. The summed E-state index contributed by atoms with van der Waals surface area (Å²) in [5, 5.41) is 10.5. The SMILES string of the molecule is COC[C@@H]1CCCN1C(N)[C@H]1CCC(=O)N1CCSc1nc(C(=O)O)cs1. The second-order valence-electron chi connectivity index (χ2n) is 6.83. The van der Waals surface area contributed by atoms with Gasteiger partial charge in [0.15, 0.2) is 10.0 Å². The third kappa shape index (κ3) is 4.80. The van der Waals surface area contributed by atoms with Crippen molar-refractivity contribution in [3.8, 4) is 0 Å². The molecule has 0 bridgehead atoms. The molecule has 0 saturated carbocycles. The normalized spacial score (nSPS) is 24.7. The Labute approximate surface area is 167 Å². The minimum atomic E-state index is -1.02. The average molecular weight is 415 g/mol. The molecule has 2 aliphatic heterocycles. The first-order chi connectivity index (χ1) is 13.0. The van der Waals surface area contributed by atoms with Crippen LogP contribution in [0, 0.1) is 0 Å². The molecule has 8 nitrogen and oxygen atoms in total. The van der Waals surface area contributed by atoms with E-state index in [1.165, 1.54) is 28.5 Å². The van der Waals surface area contributed by atoms with Crippen LogP contribution in [0.1, 0.15) is 36.2 Å². The number of rotatable bonds is 9. The summed E-state index contributed by atoms with van der Waals surface area (Å²) < 4.78 is 6.03. The number of carboxylic acid groups (broad SMARTS) is 1. The molecular weight excluding hydrogens is 388 g/mol. The van der Waals surface area contributed by atoms with E-state index in [4.69, 9.17) is 15.6 Å². The van der Waals surface area contributed by atoms with Gasteiger partial charge in [-0.1, -0.05) is 11.8 Å². The maximum absolute atomic E-state index is 12.4. The molecule has 2 aliphatic rings. The van der Waals surface area contributed by atoms with Crippen molar-refractivity contribution >= 4 is 35.0 Å². The number of thioether (sulfide) groups is 1. The molecule has 1 aromatic heterocycles. The molecule has 3 rings (SSSR count). The number of nitrogens with two attached hydrogens (primary N) is 1. The largest absolute Gasteiger partial charge is 0.476 e. The van der Waals surface area contributed by atoms with Crippen LogP contribution in [0.5, 0.6) is 0 Å². The molecule has 10 heteroatoms. The summed E-state index contributed by atoms with van der Waals surface area (Å²) >= 11 is 2.79. The minimum absolute atomic E-state index is 0.0152. The van der Waals surface area contributed by atoms with E-state index >= 15 is 0 Å². The topological polar surface area (TPSA) is 109 Å². The number of amides is 1. The summed E-state index contributed by atoms with van der Waals surface area (Å²) in [5.41, 5.74) is 6.64. The van der Waals surface area contributed by atoms with E-state index < -0.39 is 5.97 Å². The van der Waals surface area contributed by atoms with Gasteiger partial charge in [0, 0.05) is 43.8 Å². The van der Waals surface area contributed by atoms with Crippen LogP contribution in [0.15, 0.2) is 9.72 Å². The molecule has 1 aromatic rings. The number of thiazole rings is 1.